The third-order valence-corrected chi connectivity index (χ3v) is 7.47. The average Bonchev–Trinajstić information content (AvgIpc) is 3.46. The lowest BCUT2D eigenvalue weighted by molar-refractivity contribution is 0.0480. The standard InChI is InChI=1S/C33H38F2N6/c1-5-13-37-14-15-38-31(20-36-3)24-8-11-26-25-10-7-22(17-27(25)33(34,35)28(26)18-24)23-9-12-29-30(19-23)40-32(39-29)21-41(4)16-6-2/h7-12,17-20,37-38H,3,5-6,13-16,21H2,1-2,4H3,(H,39,40)/b31-20-. The molecule has 0 saturated carbocycles. The van der Waals surface area contributed by atoms with Crippen LogP contribution in [0.2, 0.25) is 0 Å². The van der Waals surface area contributed by atoms with Gasteiger partial charge in [-0.25, -0.2) is 4.98 Å². The molecule has 1 aliphatic rings. The average molecular weight is 557 g/mol. The van der Waals surface area contributed by atoms with E-state index in [1.807, 2.05) is 36.4 Å². The zero-order valence-corrected chi connectivity index (χ0v) is 24.0. The fourth-order valence-corrected chi connectivity index (χ4v) is 5.50. The Morgan fingerprint density at radius 3 is 2.46 bits per heavy atom. The summed E-state index contributed by atoms with van der Waals surface area (Å²) in [7, 11) is 2.07. The molecular formula is C33H38F2N6. The molecule has 0 spiro atoms. The molecule has 6 nitrogen and oxygen atoms in total. The Kier molecular flexibility index (Phi) is 8.61. The number of benzene rings is 3. The van der Waals surface area contributed by atoms with Gasteiger partial charge < -0.3 is 15.6 Å². The number of rotatable bonds is 13. The highest BCUT2D eigenvalue weighted by Gasteiger charge is 2.44. The molecule has 0 radical (unpaired) electrons. The van der Waals surface area contributed by atoms with Gasteiger partial charge in [0.05, 0.1) is 23.3 Å². The molecule has 0 bridgehead atoms. The summed E-state index contributed by atoms with van der Waals surface area (Å²) < 4.78 is 32.0. The minimum absolute atomic E-state index is 0.00730. The van der Waals surface area contributed by atoms with E-state index in [9.17, 15) is 0 Å². The summed E-state index contributed by atoms with van der Waals surface area (Å²) in [6.45, 7) is 11.9. The second kappa shape index (κ2) is 12.3. The van der Waals surface area contributed by atoms with Crippen LogP contribution in [-0.4, -0.2) is 54.8 Å². The van der Waals surface area contributed by atoms with Gasteiger partial charge in [-0.15, -0.1) is 0 Å². The Labute approximate surface area is 240 Å². The number of aromatic amines is 1. The molecule has 214 valence electrons. The number of fused-ring (bicyclic) bond motifs is 4. The molecule has 0 fully saturated rings. The summed E-state index contributed by atoms with van der Waals surface area (Å²) in [6, 6.07) is 16.5. The molecule has 0 saturated heterocycles. The van der Waals surface area contributed by atoms with E-state index in [1.165, 1.54) is 0 Å². The largest absolute Gasteiger partial charge is 0.382 e. The van der Waals surface area contributed by atoms with E-state index >= 15 is 8.78 Å². The Hall–Kier alpha value is -3.88. The van der Waals surface area contributed by atoms with E-state index < -0.39 is 5.92 Å². The van der Waals surface area contributed by atoms with Gasteiger partial charge in [0, 0.05) is 30.4 Å². The van der Waals surface area contributed by atoms with Crippen molar-refractivity contribution in [3.8, 4) is 22.3 Å². The SMILES string of the molecule is C=N/C=C(\NCCNCCC)c1ccc2c(c1)C(F)(F)c1cc(-c3ccc4nc(CN(C)CCC)[nH]c4c3)ccc1-2. The quantitative estimate of drug-likeness (QED) is 0.125. The van der Waals surface area contributed by atoms with Crippen LogP contribution in [0.1, 0.15) is 49.2 Å². The molecule has 1 aromatic heterocycles. The van der Waals surface area contributed by atoms with Crippen molar-refractivity contribution in [1.82, 2.24) is 25.5 Å². The van der Waals surface area contributed by atoms with Crippen LogP contribution >= 0.6 is 0 Å². The number of halogens is 2. The second-order valence-electron chi connectivity index (χ2n) is 10.7. The van der Waals surface area contributed by atoms with Crippen LogP contribution in [0.15, 0.2) is 65.8 Å². The van der Waals surface area contributed by atoms with E-state index in [-0.39, 0.29) is 11.1 Å². The summed E-state index contributed by atoms with van der Waals surface area (Å²) in [5, 5.41) is 6.64. The van der Waals surface area contributed by atoms with Gasteiger partial charge in [-0.2, -0.15) is 8.78 Å². The smallest absolute Gasteiger partial charge is 0.299 e. The molecule has 0 unspecified atom stereocenters. The lowest BCUT2D eigenvalue weighted by Crippen LogP contribution is -2.27. The molecule has 41 heavy (non-hydrogen) atoms. The zero-order chi connectivity index (χ0) is 29.0. The normalized spacial score (nSPS) is 14.0. The van der Waals surface area contributed by atoms with Crippen molar-refractivity contribution in [3.63, 3.8) is 0 Å². The van der Waals surface area contributed by atoms with Crippen LogP contribution in [0, 0.1) is 0 Å². The number of hydrogen-bond donors (Lipinski definition) is 3. The number of alkyl halides is 2. The maximum absolute atomic E-state index is 16.0. The highest BCUT2D eigenvalue weighted by molar-refractivity contribution is 5.86. The first-order valence-corrected chi connectivity index (χ1v) is 14.3. The minimum atomic E-state index is -3.12. The Morgan fingerprint density at radius 1 is 0.976 bits per heavy atom. The molecule has 8 heteroatoms. The van der Waals surface area contributed by atoms with Gasteiger partial charge in [0.2, 0.25) is 0 Å². The molecule has 0 amide bonds. The van der Waals surface area contributed by atoms with E-state index in [0.717, 1.165) is 67.0 Å². The number of aliphatic imine (C=N–C) groups is 1. The Bertz CT molecular complexity index is 1570. The van der Waals surface area contributed by atoms with Gasteiger partial charge in [-0.3, -0.25) is 9.89 Å². The summed E-state index contributed by atoms with van der Waals surface area (Å²) in [4.78, 5) is 14.2. The number of nitrogens with one attached hydrogen (secondary N) is 3. The summed E-state index contributed by atoms with van der Waals surface area (Å²) in [5.74, 6) is -2.23. The lowest BCUT2D eigenvalue weighted by atomic mass is 9.98. The molecule has 3 N–H and O–H groups in total. The third-order valence-electron chi connectivity index (χ3n) is 7.47. The van der Waals surface area contributed by atoms with Crippen LogP contribution in [0.5, 0.6) is 0 Å². The van der Waals surface area contributed by atoms with Crippen molar-refractivity contribution in [2.24, 2.45) is 4.99 Å². The molecule has 0 aliphatic heterocycles. The number of imidazole rings is 1. The molecule has 1 aliphatic carbocycles. The van der Waals surface area contributed by atoms with E-state index in [2.05, 4.69) is 53.1 Å². The predicted octanol–water partition coefficient (Wildman–Crippen LogP) is 6.78. The highest BCUT2D eigenvalue weighted by atomic mass is 19.3. The molecule has 1 heterocycles. The van der Waals surface area contributed by atoms with Crippen LogP contribution < -0.4 is 10.6 Å². The molecular weight excluding hydrogens is 518 g/mol. The minimum Gasteiger partial charge on any atom is -0.382 e. The first kappa shape index (κ1) is 28.6. The lowest BCUT2D eigenvalue weighted by Gasteiger charge is -2.16. The van der Waals surface area contributed by atoms with E-state index in [1.54, 1.807) is 24.4 Å². The van der Waals surface area contributed by atoms with E-state index in [4.69, 9.17) is 4.98 Å². The number of H-pyrrole nitrogens is 1. The van der Waals surface area contributed by atoms with Crippen LogP contribution in [-0.2, 0) is 12.5 Å². The Balaban J connectivity index is 1.41. The maximum Gasteiger partial charge on any atom is 0.299 e. The molecule has 4 aromatic rings. The van der Waals surface area contributed by atoms with Gasteiger partial charge in [-0.1, -0.05) is 44.2 Å². The molecule has 3 aromatic carbocycles. The van der Waals surface area contributed by atoms with Crippen molar-refractivity contribution < 1.29 is 8.78 Å². The van der Waals surface area contributed by atoms with Crippen molar-refractivity contribution in [3.05, 3.63) is 83.3 Å². The van der Waals surface area contributed by atoms with Gasteiger partial charge in [0.15, 0.2) is 0 Å². The first-order valence-electron chi connectivity index (χ1n) is 14.3. The number of aromatic nitrogens is 2. The summed E-state index contributed by atoms with van der Waals surface area (Å²) in [6.07, 6.45) is 3.71. The van der Waals surface area contributed by atoms with Gasteiger partial charge in [-0.05, 0) is 91.8 Å². The topological polar surface area (TPSA) is 68.3 Å². The monoisotopic (exact) mass is 556 g/mol. The van der Waals surface area contributed by atoms with Crippen LogP contribution in [0.25, 0.3) is 39.0 Å². The van der Waals surface area contributed by atoms with Crippen molar-refractivity contribution in [2.75, 3.05) is 33.2 Å². The number of hydrogen-bond acceptors (Lipinski definition) is 5. The molecule has 5 rings (SSSR count). The van der Waals surface area contributed by atoms with Gasteiger partial charge in [0.25, 0.3) is 5.92 Å². The molecule has 0 atom stereocenters. The Morgan fingerprint density at radius 2 is 1.71 bits per heavy atom. The zero-order valence-electron chi connectivity index (χ0n) is 24.0. The van der Waals surface area contributed by atoms with Crippen LogP contribution in [0.3, 0.4) is 0 Å². The number of nitrogens with zero attached hydrogens (tertiary/aromatic N) is 3. The summed E-state index contributed by atoms with van der Waals surface area (Å²) in [5.41, 5.74) is 5.86. The second-order valence-corrected chi connectivity index (χ2v) is 10.7. The van der Waals surface area contributed by atoms with Crippen molar-refractivity contribution >= 4 is 23.4 Å². The first-order chi connectivity index (χ1) is 19.8. The van der Waals surface area contributed by atoms with Gasteiger partial charge in [0.1, 0.15) is 5.82 Å². The van der Waals surface area contributed by atoms with Crippen molar-refractivity contribution in [2.45, 2.75) is 39.2 Å². The fraction of sp³-hybridized carbons (Fsp3) is 0.333. The van der Waals surface area contributed by atoms with Crippen molar-refractivity contribution in [1.29, 1.82) is 0 Å². The summed E-state index contributed by atoms with van der Waals surface area (Å²) >= 11 is 0. The van der Waals surface area contributed by atoms with Crippen LogP contribution in [0.4, 0.5) is 8.78 Å². The predicted molar refractivity (Wildman–Crippen MR) is 165 cm³/mol. The highest BCUT2D eigenvalue weighted by Crippen LogP contribution is 2.52. The third kappa shape index (κ3) is 5.94. The fourth-order valence-electron chi connectivity index (χ4n) is 5.50. The maximum atomic E-state index is 16.0. The van der Waals surface area contributed by atoms with Gasteiger partial charge >= 0.3 is 0 Å². The van der Waals surface area contributed by atoms with E-state index in [0.29, 0.717) is 28.9 Å².